The Morgan fingerprint density at radius 2 is 2.00 bits per heavy atom. The Morgan fingerprint density at radius 3 is 2.69 bits per heavy atom. The number of hydrogen-bond acceptors (Lipinski definition) is 6. The van der Waals surface area contributed by atoms with Gasteiger partial charge in [-0.25, -0.2) is 23.7 Å². The zero-order valence-electron chi connectivity index (χ0n) is 16.0. The molecule has 1 saturated carbocycles. The number of aromatic nitrogens is 3. The maximum absolute atomic E-state index is 12.9. The van der Waals surface area contributed by atoms with Gasteiger partial charge in [0.2, 0.25) is 17.7 Å². The van der Waals surface area contributed by atoms with Crippen molar-refractivity contribution in [3.05, 3.63) is 41.3 Å². The number of rotatable bonds is 8. The van der Waals surface area contributed by atoms with E-state index < -0.39 is 18.4 Å². The van der Waals surface area contributed by atoms with Gasteiger partial charge in [0, 0.05) is 24.6 Å². The first kappa shape index (κ1) is 20.6. The number of anilines is 1. The number of hydrogen-bond donors (Lipinski definition) is 2. The fraction of sp³-hybridized carbons (Fsp3) is 0.421. The minimum absolute atomic E-state index is 0.00961. The van der Waals surface area contributed by atoms with Crippen LogP contribution in [0.4, 0.5) is 14.7 Å². The maximum atomic E-state index is 12.9. The van der Waals surface area contributed by atoms with E-state index in [2.05, 4.69) is 25.6 Å². The minimum Gasteiger partial charge on any atom is -0.471 e. The molecule has 0 bridgehead atoms. The molecule has 154 valence electrons. The molecule has 0 radical (unpaired) electrons. The van der Waals surface area contributed by atoms with Crippen LogP contribution < -0.4 is 15.4 Å². The number of alkyl halides is 2. The van der Waals surface area contributed by atoms with Crippen molar-refractivity contribution in [3.63, 3.8) is 0 Å². The van der Waals surface area contributed by atoms with Crippen molar-refractivity contribution in [3.8, 4) is 5.88 Å². The highest BCUT2D eigenvalue weighted by Gasteiger charge is 2.30. The molecule has 3 rings (SSSR count). The average Bonchev–Trinajstić information content (AvgIpc) is 3.49. The third-order valence-corrected chi connectivity index (χ3v) is 3.95. The smallest absolute Gasteiger partial charge is 0.278 e. The summed E-state index contributed by atoms with van der Waals surface area (Å²) in [6.45, 7) is 1.70. The molecule has 29 heavy (non-hydrogen) atoms. The summed E-state index contributed by atoms with van der Waals surface area (Å²) in [7, 11) is 0. The van der Waals surface area contributed by atoms with Gasteiger partial charge in [-0.05, 0) is 31.9 Å². The summed E-state index contributed by atoms with van der Waals surface area (Å²) in [5.41, 5.74) is 1.06. The summed E-state index contributed by atoms with van der Waals surface area (Å²) in [5, 5.41) is 5.27. The van der Waals surface area contributed by atoms with Crippen molar-refractivity contribution >= 4 is 17.8 Å². The molecular weight excluding hydrogens is 384 g/mol. The summed E-state index contributed by atoms with van der Waals surface area (Å²) in [6.07, 6.45) is 1.69. The van der Waals surface area contributed by atoms with Gasteiger partial charge < -0.3 is 10.1 Å². The molecule has 0 aromatic carbocycles. The number of aryl methyl sites for hydroxylation is 1. The Bertz CT molecular complexity index is 913. The lowest BCUT2D eigenvalue weighted by Crippen LogP contribution is -2.26. The number of halogens is 2. The lowest BCUT2D eigenvalue weighted by Gasteiger charge is -2.12. The molecule has 1 aliphatic rings. The summed E-state index contributed by atoms with van der Waals surface area (Å²) in [4.78, 5) is 36.6. The molecule has 0 spiro atoms. The van der Waals surface area contributed by atoms with Crippen LogP contribution in [0.15, 0.2) is 24.3 Å². The van der Waals surface area contributed by atoms with Gasteiger partial charge in [0.1, 0.15) is 5.69 Å². The van der Waals surface area contributed by atoms with Gasteiger partial charge >= 0.3 is 0 Å². The fourth-order valence-corrected chi connectivity index (χ4v) is 2.40. The van der Waals surface area contributed by atoms with E-state index in [0.717, 1.165) is 19.8 Å². The summed E-state index contributed by atoms with van der Waals surface area (Å²) < 4.78 is 30.7. The quantitative estimate of drug-likeness (QED) is 0.699. The Morgan fingerprint density at radius 1 is 1.24 bits per heavy atom. The lowest BCUT2D eigenvalue weighted by atomic mass is 10.3. The van der Waals surface area contributed by atoms with Gasteiger partial charge in [-0.2, -0.15) is 0 Å². The second-order valence-corrected chi connectivity index (χ2v) is 6.99. The first-order chi connectivity index (χ1) is 13.7. The van der Waals surface area contributed by atoms with Gasteiger partial charge in [0.05, 0.1) is 12.2 Å². The van der Waals surface area contributed by atoms with Crippen molar-refractivity contribution in [2.75, 3.05) is 11.9 Å². The SMILES string of the molecule is Cc1cc(C(=O)NCc2cccc(OCC(C)(F)F)n2)nc(NC(=O)C2CC2)n1. The van der Waals surface area contributed by atoms with Crippen molar-refractivity contribution in [2.24, 2.45) is 5.92 Å². The topological polar surface area (TPSA) is 106 Å². The van der Waals surface area contributed by atoms with E-state index in [0.29, 0.717) is 11.4 Å². The first-order valence-corrected chi connectivity index (χ1v) is 9.11. The van der Waals surface area contributed by atoms with Crippen LogP contribution in [-0.4, -0.2) is 39.3 Å². The van der Waals surface area contributed by atoms with Crippen molar-refractivity contribution in [2.45, 2.75) is 39.2 Å². The Kier molecular flexibility index (Phi) is 6.00. The fourth-order valence-electron chi connectivity index (χ4n) is 2.40. The van der Waals surface area contributed by atoms with Crippen molar-refractivity contribution < 1.29 is 23.1 Å². The maximum Gasteiger partial charge on any atom is 0.278 e. The second kappa shape index (κ2) is 8.46. The Labute approximate surface area is 166 Å². The molecule has 10 heteroatoms. The molecule has 1 fully saturated rings. The van der Waals surface area contributed by atoms with Crippen LogP contribution in [0.3, 0.4) is 0 Å². The first-order valence-electron chi connectivity index (χ1n) is 9.11. The predicted molar refractivity (Wildman–Crippen MR) is 99.6 cm³/mol. The summed E-state index contributed by atoms with van der Waals surface area (Å²) in [5.74, 6) is -3.48. The number of carbonyl (C=O) groups is 2. The monoisotopic (exact) mass is 405 g/mol. The van der Waals surface area contributed by atoms with E-state index in [-0.39, 0.29) is 35.9 Å². The van der Waals surface area contributed by atoms with Gasteiger partial charge in [0.25, 0.3) is 11.8 Å². The molecule has 8 nitrogen and oxygen atoms in total. The van der Waals surface area contributed by atoms with E-state index in [1.807, 2.05) is 0 Å². The molecule has 1 aliphatic carbocycles. The molecule has 2 amide bonds. The van der Waals surface area contributed by atoms with Crippen LogP contribution in [0, 0.1) is 12.8 Å². The standard InChI is InChI=1S/C19H21F2N5O3/c1-11-8-14(25-18(23-11)26-16(27)12-6-7-12)17(28)22-9-13-4-3-5-15(24-13)29-10-19(2,20)21/h3-5,8,12H,6-7,9-10H2,1-2H3,(H,22,28)(H,23,25,26,27). The van der Waals surface area contributed by atoms with E-state index >= 15 is 0 Å². The molecule has 0 aliphatic heterocycles. The molecular formula is C19H21F2N5O3. The molecule has 2 aromatic heterocycles. The van der Waals surface area contributed by atoms with E-state index in [1.165, 1.54) is 12.1 Å². The normalized spacial score (nSPS) is 13.7. The largest absolute Gasteiger partial charge is 0.471 e. The number of pyridine rings is 1. The van der Waals surface area contributed by atoms with E-state index in [4.69, 9.17) is 4.74 Å². The van der Waals surface area contributed by atoms with Crippen LogP contribution in [-0.2, 0) is 11.3 Å². The number of amides is 2. The van der Waals surface area contributed by atoms with Gasteiger partial charge in [0.15, 0.2) is 6.61 Å². The third-order valence-electron chi connectivity index (χ3n) is 3.95. The molecule has 0 atom stereocenters. The van der Waals surface area contributed by atoms with Crippen LogP contribution >= 0.6 is 0 Å². The zero-order chi connectivity index (χ0) is 21.0. The summed E-state index contributed by atoms with van der Waals surface area (Å²) in [6, 6.07) is 6.18. The molecule has 0 saturated heterocycles. The van der Waals surface area contributed by atoms with Gasteiger partial charge in [-0.15, -0.1) is 0 Å². The molecule has 0 unspecified atom stereocenters. The zero-order valence-corrected chi connectivity index (χ0v) is 16.0. The second-order valence-electron chi connectivity index (χ2n) is 6.99. The van der Waals surface area contributed by atoms with Crippen LogP contribution in [0.25, 0.3) is 0 Å². The van der Waals surface area contributed by atoms with E-state index in [9.17, 15) is 18.4 Å². The minimum atomic E-state index is -2.97. The third kappa shape index (κ3) is 6.44. The Hall–Kier alpha value is -3.17. The van der Waals surface area contributed by atoms with Crippen molar-refractivity contribution in [1.82, 2.24) is 20.3 Å². The number of carbonyl (C=O) groups excluding carboxylic acids is 2. The van der Waals surface area contributed by atoms with Crippen LogP contribution in [0.2, 0.25) is 0 Å². The van der Waals surface area contributed by atoms with E-state index in [1.54, 1.807) is 19.1 Å². The molecule has 2 N–H and O–H groups in total. The highest BCUT2D eigenvalue weighted by molar-refractivity contribution is 5.95. The predicted octanol–water partition coefficient (Wildman–Crippen LogP) is 2.49. The number of nitrogens with zero attached hydrogens (tertiary/aromatic N) is 3. The Balaban J connectivity index is 1.60. The lowest BCUT2D eigenvalue weighted by molar-refractivity contribution is -0.117. The highest BCUT2D eigenvalue weighted by Crippen LogP contribution is 2.29. The average molecular weight is 405 g/mol. The van der Waals surface area contributed by atoms with Gasteiger partial charge in [-0.3, -0.25) is 14.9 Å². The van der Waals surface area contributed by atoms with Crippen LogP contribution in [0.5, 0.6) is 5.88 Å². The molecule has 2 aromatic rings. The van der Waals surface area contributed by atoms with Crippen LogP contribution in [0.1, 0.15) is 41.6 Å². The number of ether oxygens (including phenoxy) is 1. The highest BCUT2D eigenvalue weighted by atomic mass is 19.3. The summed E-state index contributed by atoms with van der Waals surface area (Å²) >= 11 is 0. The molecule has 2 heterocycles. The van der Waals surface area contributed by atoms with Crippen molar-refractivity contribution in [1.29, 1.82) is 0 Å². The number of nitrogens with one attached hydrogen (secondary N) is 2. The van der Waals surface area contributed by atoms with Gasteiger partial charge in [-0.1, -0.05) is 6.07 Å².